The highest BCUT2D eigenvalue weighted by Gasteiger charge is 2.16. The van der Waals surface area contributed by atoms with E-state index < -0.39 is 0 Å². The van der Waals surface area contributed by atoms with E-state index in [0.717, 1.165) is 16.5 Å². The van der Waals surface area contributed by atoms with Gasteiger partial charge in [-0.3, -0.25) is 4.79 Å². The van der Waals surface area contributed by atoms with Crippen molar-refractivity contribution in [3.05, 3.63) is 69.9 Å². The first-order chi connectivity index (χ1) is 9.54. The van der Waals surface area contributed by atoms with Gasteiger partial charge in [0.25, 0.3) is 0 Å². The first kappa shape index (κ1) is 12.9. The van der Waals surface area contributed by atoms with E-state index in [1.807, 2.05) is 32.0 Å². The molecule has 3 aromatic rings. The lowest BCUT2D eigenvalue weighted by Gasteiger charge is -2.02. The minimum atomic E-state index is -0.121. The van der Waals surface area contributed by atoms with Crippen LogP contribution in [0, 0.1) is 13.8 Å². The molecular weight excluding hydrogens is 272 g/mol. The van der Waals surface area contributed by atoms with E-state index in [1.165, 1.54) is 0 Å². The minimum Gasteiger partial charge on any atom is -0.453 e. The summed E-state index contributed by atoms with van der Waals surface area (Å²) in [6.07, 6.45) is 0. The summed E-state index contributed by atoms with van der Waals surface area (Å²) in [5, 5.41) is 1.35. The Morgan fingerprint density at radius 1 is 1.05 bits per heavy atom. The lowest BCUT2D eigenvalue weighted by molar-refractivity contribution is 0.101. The maximum atomic E-state index is 12.5. The number of ketones is 1. The largest absolute Gasteiger partial charge is 0.453 e. The maximum Gasteiger partial charge on any atom is 0.228 e. The fourth-order valence-corrected chi connectivity index (χ4v) is 2.61. The highest BCUT2D eigenvalue weighted by atomic mass is 35.5. The summed E-state index contributed by atoms with van der Waals surface area (Å²) < 4.78 is 5.61. The van der Waals surface area contributed by atoms with E-state index in [4.69, 9.17) is 16.0 Å². The molecule has 0 aliphatic heterocycles. The molecular formula is C17H13ClO2. The summed E-state index contributed by atoms with van der Waals surface area (Å²) in [6, 6.07) is 12.9. The molecule has 0 N–H and O–H groups in total. The minimum absolute atomic E-state index is 0.121. The van der Waals surface area contributed by atoms with Crippen LogP contribution in [0.4, 0.5) is 0 Å². The molecule has 0 atom stereocenters. The van der Waals surface area contributed by atoms with E-state index in [-0.39, 0.29) is 5.78 Å². The van der Waals surface area contributed by atoms with Crippen molar-refractivity contribution in [3.63, 3.8) is 0 Å². The van der Waals surface area contributed by atoms with Crippen molar-refractivity contribution >= 4 is 28.4 Å². The number of carbonyl (C=O) groups is 1. The van der Waals surface area contributed by atoms with Crippen LogP contribution in [0.3, 0.4) is 0 Å². The fourth-order valence-electron chi connectivity index (χ4n) is 2.39. The molecule has 1 aromatic heterocycles. The number of carbonyl (C=O) groups excluding carboxylic acids is 1. The van der Waals surface area contributed by atoms with E-state index in [0.29, 0.717) is 21.9 Å². The normalized spacial score (nSPS) is 10.9. The van der Waals surface area contributed by atoms with Crippen LogP contribution in [0.15, 0.2) is 46.9 Å². The molecule has 0 radical (unpaired) electrons. The molecule has 0 unspecified atom stereocenters. The molecule has 2 aromatic carbocycles. The zero-order valence-electron chi connectivity index (χ0n) is 11.2. The topological polar surface area (TPSA) is 30.2 Å². The van der Waals surface area contributed by atoms with E-state index in [9.17, 15) is 4.79 Å². The van der Waals surface area contributed by atoms with Gasteiger partial charge in [-0.1, -0.05) is 34.9 Å². The number of rotatable bonds is 2. The first-order valence-corrected chi connectivity index (χ1v) is 6.73. The van der Waals surface area contributed by atoms with Gasteiger partial charge in [-0.05, 0) is 44.2 Å². The number of benzene rings is 2. The maximum absolute atomic E-state index is 12.5. The second kappa shape index (κ2) is 4.80. The molecule has 0 fully saturated rings. The highest BCUT2D eigenvalue weighted by Crippen LogP contribution is 2.28. The van der Waals surface area contributed by atoms with Crippen LogP contribution >= 0.6 is 11.6 Å². The Kier molecular flexibility index (Phi) is 3.11. The zero-order valence-corrected chi connectivity index (χ0v) is 12.0. The average Bonchev–Trinajstić information content (AvgIpc) is 2.82. The van der Waals surface area contributed by atoms with Gasteiger partial charge in [-0.25, -0.2) is 0 Å². The molecule has 0 spiro atoms. The van der Waals surface area contributed by atoms with Crippen molar-refractivity contribution in [1.82, 2.24) is 0 Å². The Morgan fingerprint density at radius 2 is 1.75 bits per heavy atom. The number of aryl methyl sites for hydroxylation is 2. The summed E-state index contributed by atoms with van der Waals surface area (Å²) >= 11 is 6.10. The number of halogens is 1. The zero-order chi connectivity index (χ0) is 14.3. The van der Waals surface area contributed by atoms with Gasteiger partial charge < -0.3 is 4.42 Å². The van der Waals surface area contributed by atoms with Gasteiger partial charge in [0, 0.05) is 10.9 Å². The van der Waals surface area contributed by atoms with Gasteiger partial charge in [-0.2, -0.15) is 0 Å². The molecule has 20 heavy (non-hydrogen) atoms. The second-order valence-electron chi connectivity index (χ2n) is 4.97. The average molecular weight is 285 g/mol. The van der Waals surface area contributed by atoms with Crippen molar-refractivity contribution in [2.75, 3.05) is 0 Å². The van der Waals surface area contributed by atoms with Gasteiger partial charge in [-0.15, -0.1) is 0 Å². The molecule has 3 rings (SSSR count). The molecule has 3 heteroatoms. The lowest BCUT2D eigenvalue weighted by atomic mass is 10.0. The Balaban J connectivity index is 2.10. The molecule has 0 bridgehead atoms. The van der Waals surface area contributed by atoms with Crippen molar-refractivity contribution in [2.45, 2.75) is 13.8 Å². The summed E-state index contributed by atoms with van der Waals surface area (Å²) in [6.45, 7) is 3.94. The number of fused-ring (bicyclic) bond motifs is 1. The molecule has 1 heterocycles. The molecule has 0 aliphatic carbocycles. The molecule has 0 aliphatic rings. The van der Waals surface area contributed by atoms with Crippen molar-refractivity contribution < 1.29 is 9.21 Å². The van der Waals surface area contributed by atoms with Crippen LogP contribution in [0.2, 0.25) is 5.02 Å². The van der Waals surface area contributed by atoms with E-state index in [1.54, 1.807) is 24.3 Å². The Morgan fingerprint density at radius 3 is 2.40 bits per heavy atom. The van der Waals surface area contributed by atoms with Gasteiger partial charge >= 0.3 is 0 Å². The fraction of sp³-hybridized carbons (Fsp3) is 0.118. The van der Waals surface area contributed by atoms with E-state index >= 15 is 0 Å². The quantitative estimate of drug-likeness (QED) is 0.624. The third-order valence-electron chi connectivity index (χ3n) is 3.22. The van der Waals surface area contributed by atoms with Crippen LogP contribution in [-0.4, -0.2) is 5.78 Å². The summed E-state index contributed by atoms with van der Waals surface area (Å²) in [5.41, 5.74) is 3.38. The van der Waals surface area contributed by atoms with Crippen molar-refractivity contribution in [2.24, 2.45) is 0 Å². The van der Waals surface area contributed by atoms with Crippen LogP contribution in [0.25, 0.3) is 11.0 Å². The Labute approximate surface area is 122 Å². The summed E-state index contributed by atoms with van der Waals surface area (Å²) in [5.74, 6) is 0.196. The molecule has 0 saturated carbocycles. The predicted molar refractivity (Wildman–Crippen MR) is 80.6 cm³/mol. The predicted octanol–water partition coefficient (Wildman–Crippen LogP) is 4.93. The SMILES string of the molecule is Cc1cc(C)cc(C(=O)c2cc3c(Cl)cccc3o2)c1. The molecule has 2 nitrogen and oxygen atoms in total. The van der Waals surface area contributed by atoms with Gasteiger partial charge in [0.2, 0.25) is 5.78 Å². The summed E-state index contributed by atoms with van der Waals surface area (Å²) in [4.78, 5) is 12.5. The number of furan rings is 1. The Bertz CT molecular complexity index is 795. The molecule has 0 amide bonds. The molecule has 100 valence electrons. The first-order valence-electron chi connectivity index (χ1n) is 6.35. The van der Waals surface area contributed by atoms with Crippen molar-refractivity contribution in [1.29, 1.82) is 0 Å². The highest BCUT2D eigenvalue weighted by molar-refractivity contribution is 6.35. The van der Waals surface area contributed by atoms with Crippen LogP contribution in [0.1, 0.15) is 27.2 Å². The third-order valence-corrected chi connectivity index (χ3v) is 3.55. The number of hydrogen-bond donors (Lipinski definition) is 0. The van der Waals surface area contributed by atoms with Gasteiger partial charge in [0.05, 0.1) is 5.02 Å². The second-order valence-corrected chi connectivity index (χ2v) is 5.38. The van der Waals surface area contributed by atoms with Crippen LogP contribution in [-0.2, 0) is 0 Å². The van der Waals surface area contributed by atoms with Crippen LogP contribution < -0.4 is 0 Å². The monoisotopic (exact) mass is 284 g/mol. The van der Waals surface area contributed by atoms with Crippen molar-refractivity contribution in [3.8, 4) is 0 Å². The molecule has 0 saturated heterocycles. The standard InChI is InChI=1S/C17H13ClO2/c1-10-6-11(2)8-12(7-10)17(19)16-9-13-14(18)4-3-5-15(13)20-16/h3-9H,1-2H3. The van der Waals surface area contributed by atoms with Gasteiger partial charge in [0.15, 0.2) is 5.76 Å². The van der Waals surface area contributed by atoms with Gasteiger partial charge in [0.1, 0.15) is 5.58 Å². The smallest absolute Gasteiger partial charge is 0.228 e. The third kappa shape index (κ3) is 2.23. The number of hydrogen-bond acceptors (Lipinski definition) is 2. The lowest BCUT2D eigenvalue weighted by Crippen LogP contribution is -2.00. The van der Waals surface area contributed by atoms with Crippen LogP contribution in [0.5, 0.6) is 0 Å². The summed E-state index contributed by atoms with van der Waals surface area (Å²) in [7, 11) is 0. The Hall–Kier alpha value is -2.06. The van der Waals surface area contributed by atoms with E-state index in [2.05, 4.69) is 0 Å².